The molecule has 35 heavy (non-hydrogen) atoms. The Morgan fingerprint density at radius 1 is 1.17 bits per heavy atom. The van der Waals surface area contributed by atoms with Crippen LogP contribution in [0.5, 0.6) is 0 Å². The fraction of sp³-hybridized carbons (Fsp3) is 0.423. The van der Waals surface area contributed by atoms with Crippen molar-refractivity contribution >= 4 is 50.2 Å². The van der Waals surface area contributed by atoms with E-state index in [1.165, 1.54) is 12.5 Å². The van der Waals surface area contributed by atoms with Crippen molar-refractivity contribution < 1.29 is 14.4 Å². The monoisotopic (exact) mass is 535 g/mol. The number of carbonyl (C=O) groups is 3. The van der Waals surface area contributed by atoms with E-state index < -0.39 is 6.04 Å². The van der Waals surface area contributed by atoms with Gasteiger partial charge in [0.05, 0.1) is 5.52 Å². The Morgan fingerprint density at radius 3 is 2.74 bits per heavy atom. The van der Waals surface area contributed by atoms with Crippen LogP contribution in [0.15, 0.2) is 34.9 Å². The number of piperidine rings is 1. The Hall–Kier alpha value is -3.07. The molecule has 2 fully saturated rings. The normalized spacial score (nSPS) is 24.4. The summed E-state index contributed by atoms with van der Waals surface area (Å²) in [6, 6.07) is 6.91. The maximum atomic E-state index is 13.6. The summed E-state index contributed by atoms with van der Waals surface area (Å²) in [7, 11) is 0. The smallest absolute Gasteiger partial charge is 0.248 e. The Labute approximate surface area is 211 Å². The molecule has 1 saturated heterocycles. The van der Waals surface area contributed by atoms with E-state index in [4.69, 9.17) is 0 Å². The average molecular weight is 536 g/mol. The molecule has 180 valence electrons. The molecule has 1 N–H and O–H groups in total. The van der Waals surface area contributed by atoms with Gasteiger partial charge in [0.2, 0.25) is 11.8 Å². The lowest BCUT2D eigenvalue weighted by Crippen LogP contribution is -2.47. The van der Waals surface area contributed by atoms with Crippen LogP contribution in [-0.2, 0) is 29.0 Å². The summed E-state index contributed by atoms with van der Waals surface area (Å²) in [5, 5.41) is 8.21. The van der Waals surface area contributed by atoms with Crippen LogP contribution < -0.4 is 5.32 Å². The number of hydrogen-bond donors (Lipinski definition) is 1. The van der Waals surface area contributed by atoms with Gasteiger partial charge in [-0.05, 0) is 70.6 Å². The van der Waals surface area contributed by atoms with Gasteiger partial charge < -0.3 is 10.2 Å². The molecule has 0 bridgehead atoms. The third kappa shape index (κ3) is 3.59. The molecule has 0 spiro atoms. The van der Waals surface area contributed by atoms with Gasteiger partial charge in [-0.2, -0.15) is 5.10 Å². The highest BCUT2D eigenvalue weighted by molar-refractivity contribution is 9.10. The molecule has 8 nitrogen and oxygen atoms in total. The van der Waals surface area contributed by atoms with E-state index in [0.717, 1.165) is 46.6 Å². The molecule has 0 unspecified atom stereocenters. The number of amides is 2. The van der Waals surface area contributed by atoms with E-state index in [1.54, 1.807) is 15.8 Å². The number of Topliss-reactive ketones (excluding diaryl/α,β-unsaturated/α-hetero) is 1. The zero-order chi connectivity index (χ0) is 24.5. The largest absolute Gasteiger partial charge is 0.325 e. The fourth-order valence-corrected chi connectivity index (χ4v) is 6.47. The molecule has 3 aromatic rings. The van der Waals surface area contributed by atoms with Crippen LogP contribution in [0, 0.1) is 5.41 Å². The molecule has 1 aromatic carbocycles. The molecule has 0 radical (unpaired) electrons. The maximum Gasteiger partial charge on any atom is 0.248 e. The molecule has 2 aliphatic carbocycles. The predicted molar refractivity (Wildman–Crippen MR) is 134 cm³/mol. The molecule has 2 amide bonds. The summed E-state index contributed by atoms with van der Waals surface area (Å²) in [5.41, 5.74) is 3.34. The number of fused-ring (bicyclic) bond motifs is 3. The highest BCUT2D eigenvalue weighted by Crippen LogP contribution is 2.59. The van der Waals surface area contributed by atoms with Crippen LogP contribution in [0.2, 0.25) is 0 Å². The zero-order valence-corrected chi connectivity index (χ0v) is 21.3. The molecule has 9 heteroatoms. The van der Waals surface area contributed by atoms with Gasteiger partial charge in [0.1, 0.15) is 24.1 Å². The highest BCUT2D eigenvalue weighted by Gasteiger charge is 2.64. The number of pyridine rings is 1. The van der Waals surface area contributed by atoms with Gasteiger partial charge in [-0.15, -0.1) is 0 Å². The number of rotatable bonds is 5. The number of halogens is 1. The first-order chi connectivity index (χ1) is 16.8. The van der Waals surface area contributed by atoms with Crippen molar-refractivity contribution in [2.24, 2.45) is 5.41 Å². The van der Waals surface area contributed by atoms with E-state index in [1.807, 2.05) is 24.3 Å². The molecule has 3 aliphatic rings. The number of hydrogen-bond acceptors (Lipinski definition) is 5. The van der Waals surface area contributed by atoms with Crippen molar-refractivity contribution in [3.05, 3.63) is 51.8 Å². The molecule has 6 rings (SSSR count). The van der Waals surface area contributed by atoms with Crippen molar-refractivity contribution in [2.45, 2.75) is 64.6 Å². The second-order valence-electron chi connectivity index (χ2n) is 10.2. The zero-order valence-electron chi connectivity index (χ0n) is 19.7. The van der Waals surface area contributed by atoms with Crippen LogP contribution in [0.4, 0.5) is 5.82 Å². The van der Waals surface area contributed by atoms with Gasteiger partial charge >= 0.3 is 0 Å². The lowest BCUT2D eigenvalue weighted by Gasteiger charge is -2.27. The van der Waals surface area contributed by atoms with Crippen LogP contribution in [0.3, 0.4) is 0 Å². The number of nitrogens with zero attached hydrogens (tertiary/aromatic N) is 4. The number of benzene rings is 1. The molecular formula is C26H26BrN5O3. The van der Waals surface area contributed by atoms with Crippen LogP contribution >= 0.6 is 15.9 Å². The lowest BCUT2D eigenvalue weighted by atomic mass is 10.0. The van der Waals surface area contributed by atoms with Crippen molar-refractivity contribution in [1.82, 2.24) is 19.7 Å². The summed E-state index contributed by atoms with van der Waals surface area (Å²) in [5.74, 6) is 0.113. The number of aromatic nitrogens is 3. The second-order valence-corrected chi connectivity index (χ2v) is 11.1. The highest BCUT2D eigenvalue weighted by atomic mass is 79.9. The number of anilines is 1. The van der Waals surface area contributed by atoms with E-state index in [9.17, 15) is 14.4 Å². The number of carbonyl (C=O) groups excluding carboxylic acids is 3. The molecule has 1 saturated carbocycles. The van der Waals surface area contributed by atoms with E-state index in [0.29, 0.717) is 17.9 Å². The fourth-order valence-electron chi connectivity index (χ4n) is 5.93. The molecule has 3 heterocycles. The minimum atomic E-state index is -0.553. The van der Waals surface area contributed by atoms with Crippen molar-refractivity contribution in [1.29, 1.82) is 0 Å². The van der Waals surface area contributed by atoms with E-state index in [2.05, 4.69) is 38.3 Å². The van der Waals surface area contributed by atoms with E-state index >= 15 is 0 Å². The van der Waals surface area contributed by atoms with Gasteiger partial charge in [0, 0.05) is 29.0 Å². The minimum absolute atomic E-state index is 0.0178. The number of likely N-dealkylation sites (tertiary alicyclic amines) is 1. The Kier molecular flexibility index (Phi) is 5.11. The first kappa shape index (κ1) is 22.4. The summed E-state index contributed by atoms with van der Waals surface area (Å²) < 4.78 is 2.57. The van der Waals surface area contributed by atoms with Crippen LogP contribution in [-0.4, -0.2) is 49.3 Å². The van der Waals surface area contributed by atoms with Crippen LogP contribution in [0.25, 0.3) is 10.9 Å². The third-order valence-corrected chi connectivity index (χ3v) is 8.53. The Morgan fingerprint density at radius 2 is 1.94 bits per heavy atom. The molecule has 2 aromatic heterocycles. The second kappa shape index (κ2) is 7.98. The SMILES string of the molecule is CC(=O)c1nn(CC(=O)N2[C@H](C(=O)Nc3ncc(Br)c4c3CCC4)C[C@@]3(C)C[C@@H]23)c2ccccc12. The Bertz CT molecular complexity index is 1420. The minimum Gasteiger partial charge on any atom is -0.325 e. The lowest BCUT2D eigenvalue weighted by molar-refractivity contribution is -0.138. The Balaban J connectivity index is 1.27. The van der Waals surface area contributed by atoms with E-state index in [-0.39, 0.29) is 35.6 Å². The van der Waals surface area contributed by atoms with Crippen molar-refractivity contribution in [3.63, 3.8) is 0 Å². The molecule has 1 aliphatic heterocycles. The average Bonchev–Trinajstić information content (AvgIpc) is 3.22. The topological polar surface area (TPSA) is 97.2 Å². The first-order valence-electron chi connectivity index (χ1n) is 12.0. The maximum absolute atomic E-state index is 13.6. The number of ketones is 1. The molecule has 3 atom stereocenters. The summed E-state index contributed by atoms with van der Waals surface area (Å²) in [4.78, 5) is 45.4. The standard InChI is InChI=1S/C26H26BrN5O3/c1-14(33)23-17-6-3-4-9-19(17)31(30-23)13-22(34)32-20(10-26(2)11-21(26)32)25(35)29-24-16-8-5-7-15(16)18(27)12-28-24/h3-4,6,9,12,20-21H,5,7-8,10-11,13H2,1-2H3,(H,28,29,35)/t20-,21+,26-/m0/s1. The van der Waals surface area contributed by atoms with Gasteiger partial charge in [0.25, 0.3) is 0 Å². The van der Waals surface area contributed by atoms with Crippen LogP contribution in [0.1, 0.15) is 54.7 Å². The quantitative estimate of drug-likeness (QED) is 0.499. The summed E-state index contributed by atoms with van der Waals surface area (Å²) in [6.07, 6.45) is 6.16. The summed E-state index contributed by atoms with van der Waals surface area (Å²) in [6.45, 7) is 3.60. The first-order valence-corrected chi connectivity index (χ1v) is 12.8. The number of para-hydroxylation sites is 1. The van der Waals surface area contributed by atoms with Gasteiger partial charge in [-0.1, -0.05) is 25.1 Å². The molecular weight excluding hydrogens is 510 g/mol. The van der Waals surface area contributed by atoms with Gasteiger partial charge in [0.15, 0.2) is 5.78 Å². The predicted octanol–water partition coefficient (Wildman–Crippen LogP) is 3.90. The number of nitrogens with one attached hydrogen (secondary N) is 1. The van der Waals surface area contributed by atoms with Crippen molar-refractivity contribution in [2.75, 3.05) is 5.32 Å². The van der Waals surface area contributed by atoms with Crippen molar-refractivity contribution in [3.8, 4) is 0 Å². The van der Waals surface area contributed by atoms with Gasteiger partial charge in [-0.3, -0.25) is 19.1 Å². The third-order valence-electron chi connectivity index (χ3n) is 7.84. The van der Waals surface area contributed by atoms with Gasteiger partial charge in [-0.25, -0.2) is 4.98 Å². The summed E-state index contributed by atoms with van der Waals surface area (Å²) >= 11 is 3.57.